The molecule has 5 heteroatoms. The smallest absolute Gasteiger partial charge is 0.170 e. The van der Waals surface area contributed by atoms with E-state index in [1.165, 1.54) is 0 Å². The molecule has 1 aliphatic heterocycles. The molecule has 0 bridgehead atoms. The highest BCUT2D eigenvalue weighted by molar-refractivity contribution is 6.30. The van der Waals surface area contributed by atoms with Gasteiger partial charge in [0, 0.05) is 24.0 Å². The lowest BCUT2D eigenvalue weighted by Gasteiger charge is -2.32. The molecule has 0 aliphatic carbocycles. The number of carbonyl (C=O) groups excluding carboxylic acids is 1. The summed E-state index contributed by atoms with van der Waals surface area (Å²) < 4.78 is 27.2. The van der Waals surface area contributed by atoms with Gasteiger partial charge in [0.25, 0.3) is 0 Å². The quantitative estimate of drug-likeness (QED) is 0.745. The van der Waals surface area contributed by atoms with Crippen molar-refractivity contribution >= 4 is 17.4 Å². The Kier molecular flexibility index (Phi) is 5.27. The molecule has 1 unspecified atom stereocenters. The molecule has 126 valence electrons. The van der Waals surface area contributed by atoms with E-state index >= 15 is 0 Å². The number of hydrogen-bond donors (Lipinski definition) is 0. The van der Waals surface area contributed by atoms with Gasteiger partial charge >= 0.3 is 0 Å². The van der Waals surface area contributed by atoms with Crippen molar-refractivity contribution in [2.75, 3.05) is 13.1 Å². The fourth-order valence-electron chi connectivity index (χ4n) is 3.21. The molecule has 2 aromatic rings. The average Bonchev–Trinajstić information content (AvgIpc) is 2.57. The number of likely N-dealkylation sites (tertiary alicyclic amines) is 1. The molecule has 24 heavy (non-hydrogen) atoms. The summed E-state index contributed by atoms with van der Waals surface area (Å²) in [5.41, 5.74) is 0.928. The molecule has 0 radical (unpaired) electrons. The third-order valence-electron chi connectivity index (χ3n) is 4.37. The number of piperidine rings is 1. The first-order chi connectivity index (χ1) is 11.5. The largest absolute Gasteiger partial charge is 0.298 e. The Balaban J connectivity index is 1.71. The molecule has 2 nitrogen and oxygen atoms in total. The standard InChI is InChI=1S/C19H18ClF2NO/c20-15-5-1-3-13(9-15)11-23-8-2-4-14(12-23)19(24)17-10-16(21)6-7-18(17)22/h1,3,5-7,9-10,14H,2,4,8,11-12H2. The third kappa shape index (κ3) is 4.00. The fraction of sp³-hybridized carbons (Fsp3) is 0.316. The maximum absolute atomic E-state index is 13.8. The van der Waals surface area contributed by atoms with Crippen LogP contribution in [0.1, 0.15) is 28.8 Å². The first-order valence-corrected chi connectivity index (χ1v) is 8.37. The normalized spacial score (nSPS) is 18.5. The van der Waals surface area contributed by atoms with E-state index < -0.39 is 11.6 Å². The number of ketones is 1. The lowest BCUT2D eigenvalue weighted by molar-refractivity contribution is 0.0807. The van der Waals surface area contributed by atoms with Gasteiger partial charge in [0.1, 0.15) is 11.6 Å². The molecule has 1 atom stereocenters. The van der Waals surface area contributed by atoms with Crippen LogP contribution in [-0.4, -0.2) is 23.8 Å². The molecule has 1 saturated heterocycles. The van der Waals surface area contributed by atoms with E-state index in [2.05, 4.69) is 4.90 Å². The van der Waals surface area contributed by atoms with E-state index in [1.54, 1.807) is 0 Å². The number of carbonyl (C=O) groups is 1. The first kappa shape index (κ1) is 17.1. The van der Waals surface area contributed by atoms with Gasteiger partial charge < -0.3 is 0 Å². The van der Waals surface area contributed by atoms with E-state index in [0.717, 1.165) is 36.7 Å². The lowest BCUT2D eigenvalue weighted by atomic mass is 9.89. The molecule has 1 heterocycles. The maximum atomic E-state index is 13.8. The molecule has 0 saturated carbocycles. The van der Waals surface area contributed by atoms with Crippen molar-refractivity contribution < 1.29 is 13.6 Å². The Hall–Kier alpha value is -1.78. The molecule has 0 aromatic heterocycles. The van der Waals surface area contributed by atoms with E-state index in [-0.39, 0.29) is 17.3 Å². The van der Waals surface area contributed by atoms with Crippen molar-refractivity contribution in [3.05, 3.63) is 70.2 Å². The second kappa shape index (κ2) is 7.41. The van der Waals surface area contributed by atoms with Crippen molar-refractivity contribution in [3.8, 4) is 0 Å². The number of Topliss-reactive ketones (excluding diaryl/α,β-unsaturated/α-hetero) is 1. The molecule has 1 aliphatic rings. The summed E-state index contributed by atoms with van der Waals surface area (Å²) in [5, 5.41) is 0.680. The van der Waals surface area contributed by atoms with Gasteiger partial charge in [-0.25, -0.2) is 8.78 Å². The molecule has 3 rings (SSSR count). The summed E-state index contributed by atoms with van der Waals surface area (Å²) in [4.78, 5) is 14.7. The second-order valence-corrected chi connectivity index (χ2v) is 6.63. The topological polar surface area (TPSA) is 20.3 Å². The molecular weight excluding hydrogens is 332 g/mol. The van der Waals surface area contributed by atoms with Gasteiger partial charge in [-0.2, -0.15) is 0 Å². The van der Waals surface area contributed by atoms with Crippen LogP contribution in [0.2, 0.25) is 5.02 Å². The van der Waals surface area contributed by atoms with Gasteiger partial charge in [-0.15, -0.1) is 0 Å². The minimum Gasteiger partial charge on any atom is -0.298 e. The fourth-order valence-corrected chi connectivity index (χ4v) is 3.43. The zero-order valence-electron chi connectivity index (χ0n) is 13.1. The molecule has 2 aromatic carbocycles. The van der Waals surface area contributed by atoms with Crippen LogP contribution >= 0.6 is 11.6 Å². The van der Waals surface area contributed by atoms with Crippen molar-refractivity contribution in [1.82, 2.24) is 4.90 Å². The number of hydrogen-bond acceptors (Lipinski definition) is 2. The van der Waals surface area contributed by atoms with Gasteiger partial charge in [-0.05, 0) is 55.3 Å². The Labute approximate surface area is 145 Å². The highest BCUT2D eigenvalue weighted by Gasteiger charge is 2.28. The van der Waals surface area contributed by atoms with Crippen LogP contribution in [0.5, 0.6) is 0 Å². The monoisotopic (exact) mass is 349 g/mol. The Bertz CT molecular complexity index is 750. The van der Waals surface area contributed by atoms with E-state index in [4.69, 9.17) is 11.6 Å². The predicted octanol–water partition coefficient (Wildman–Crippen LogP) is 4.71. The number of rotatable bonds is 4. The highest BCUT2D eigenvalue weighted by Crippen LogP contribution is 2.24. The van der Waals surface area contributed by atoms with Crippen LogP contribution in [0.15, 0.2) is 42.5 Å². The average molecular weight is 350 g/mol. The van der Waals surface area contributed by atoms with E-state index in [1.807, 2.05) is 24.3 Å². The Morgan fingerprint density at radius 1 is 1.21 bits per heavy atom. The summed E-state index contributed by atoms with van der Waals surface area (Å²) in [6.45, 7) is 2.11. The third-order valence-corrected chi connectivity index (χ3v) is 4.60. The number of halogens is 3. The van der Waals surface area contributed by atoms with Crippen LogP contribution in [0, 0.1) is 17.6 Å². The van der Waals surface area contributed by atoms with Crippen LogP contribution < -0.4 is 0 Å². The molecule has 1 fully saturated rings. The zero-order chi connectivity index (χ0) is 17.1. The van der Waals surface area contributed by atoms with E-state index in [0.29, 0.717) is 24.5 Å². The lowest BCUT2D eigenvalue weighted by Crippen LogP contribution is -2.38. The minimum atomic E-state index is -0.659. The highest BCUT2D eigenvalue weighted by atomic mass is 35.5. The van der Waals surface area contributed by atoms with Gasteiger partial charge in [-0.1, -0.05) is 23.7 Å². The number of nitrogens with zero attached hydrogens (tertiary/aromatic N) is 1. The number of benzene rings is 2. The summed E-state index contributed by atoms with van der Waals surface area (Å²) in [5.74, 6) is -1.88. The minimum absolute atomic E-state index is 0.149. The zero-order valence-corrected chi connectivity index (χ0v) is 13.9. The van der Waals surface area contributed by atoms with Gasteiger partial charge in [0.2, 0.25) is 0 Å². The van der Waals surface area contributed by atoms with E-state index in [9.17, 15) is 13.6 Å². The Morgan fingerprint density at radius 3 is 2.83 bits per heavy atom. The summed E-state index contributed by atoms with van der Waals surface area (Å²) >= 11 is 6.00. The van der Waals surface area contributed by atoms with Crippen LogP contribution in [0.4, 0.5) is 8.78 Å². The molecule has 0 N–H and O–H groups in total. The van der Waals surface area contributed by atoms with Crippen LogP contribution in [0.3, 0.4) is 0 Å². The SMILES string of the molecule is O=C(c1cc(F)ccc1F)C1CCCN(Cc2cccc(Cl)c2)C1. The van der Waals surface area contributed by atoms with Crippen molar-refractivity contribution in [2.24, 2.45) is 5.92 Å². The van der Waals surface area contributed by atoms with Gasteiger partial charge in [0.05, 0.1) is 5.56 Å². The van der Waals surface area contributed by atoms with Crippen LogP contribution in [0.25, 0.3) is 0 Å². The summed E-state index contributed by atoms with van der Waals surface area (Å²) in [6.07, 6.45) is 1.55. The van der Waals surface area contributed by atoms with Crippen molar-refractivity contribution in [2.45, 2.75) is 19.4 Å². The van der Waals surface area contributed by atoms with Gasteiger partial charge in [0.15, 0.2) is 5.78 Å². The summed E-state index contributed by atoms with van der Waals surface area (Å²) in [6, 6.07) is 10.6. The van der Waals surface area contributed by atoms with Crippen LogP contribution in [-0.2, 0) is 6.54 Å². The Morgan fingerprint density at radius 2 is 2.04 bits per heavy atom. The second-order valence-electron chi connectivity index (χ2n) is 6.19. The molecular formula is C19H18ClF2NO. The molecule has 0 amide bonds. The van der Waals surface area contributed by atoms with Gasteiger partial charge in [-0.3, -0.25) is 9.69 Å². The molecule has 0 spiro atoms. The van der Waals surface area contributed by atoms with Crippen molar-refractivity contribution in [3.63, 3.8) is 0 Å². The maximum Gasteiger partial charge on any atom is 0.170 e. The summed E-state index contributed by atoms with van der Waals surface area (Å²) in [7, 11) is 0. The first-order valence-electron chi connectivity index (χ1n) is 7.99. The predicted molar refractivity (Wildman–Crippen MR) is 90.1 cm³/mol. The van der Waals surface area contributed by atoms with Crippen molar-refractivity contribution in [1.29, 1.82) is 0 Å².